The van der Waals surface area contributed by atoms with E-state index in [4.69, 9.17) is 38.6 Å². The molecule has 0 amide bonds. The van der Waals surface area contributed by atoms with Gasteiger partial charge >= 0.3 is 0 Å². The molecule has 13 rings (SSSR count). The topological polar surface area (TPSA) is 179 Å². The number of nitrogens with one attached hydrogen (secondary N) is 5. The van der Waals surface area contributed by atoms with Crippen LogP contribution in [0.25, 0.3) is 0 Å². The van der Waals surface area contributed by atoms with Crippen molar-refractivity contribution in [2.75, 3.05) is 51.7 Å². The Kier molecular flexibility index (Phi) is 65.8. The Bertz CT molecular complexity index is 3960. The zero-order chi connectivity index (χ0) is 99.0. The quantitative estimate of drug-likeness (QED) is 0.0246. The van der Waals surface area contributed by atoms with Gasteiger partial charge in [-0.3, -0.25) is 0 Å². The third-order valence-corrected chi connectivity index (χ3v) is 22.0. The van der Waals surface area contributed by atoms with Gasteiger partial charge < -0.3 is 79.9 Å². The molecule has 0 bridgehead atoms. The van der Waals surface area contributed by atoms with Crippen LogP contribution in [0.1, 0.15) is 297 Å². The molecule has 17 nitrogen and oxygen atoms in total. The van der Waals surface area contributed by atoms with Gasteiger partial charge in [-0.2, -0.15) is 0 Å². The lowest BCUT2D eigenvalue weighted by atomic mass is 9.95. The van der Waals surface area contributed by atoms with Crippen molar-refractivity contribution in [2.45, 2.75) is 389 Å². The molecule has 5 fully saturated rings. The molecule has 17 heteroatoms. The fourth-order valence-corrected chi connectivity index (χ4v) is 14.8. The predicted octanol–water partition coefficient (Wildman–Crippen LogP) is 26.9. The summed E-state index contributed by atoms with van der Waals surface area (Å²) in [6.07, 6.45) is 19.9. The number of rotatable bonds is 28. The SMILES string of the molecule is CC(C)NC1CCCC1.CC(C)NC1CCCCC1.CC(C)NCc1ccccc1.CC(C)Oc1cccc(CO)c1.CC(C)Oc1ccccc1.CC(C)Oc1ccccc1CO.CC1CCN(C(C)C)C1.CC1CCN(C(C)C)C1.CC1CCN(C(C)C)C1.COc1ccc(OC(C)C)cc1.Cc1ccc(CNC(C)C)cc1.Cc1ccc(Nc2ccc(OC(C)C)cc2)nc1. The molecule has 0 radical (unpaired) electrons. The number of aliphatic hydroxyl groups excluding tert-OH is 2. The van der Waals surface area contributed by atoms with Gasteiger partial charge in [0.05, 0.1) is 50.8 Å². The van der Waals surface area contributed by atoms with E-state index in [9.17, 15) is 0 Å². The fourth-order valence-electron chi connectivity index (χ4n) is 14.8. The highest BCUT2D eigenvalue weighted by Crippen LogP contribution is 2.26. The minimum absolute atomic E-state index is 0.0306. The highest BCUT2D eigenvalue weighted by atomic mass is 16.5. The smallest absolute Gasteiger partial charge is 0.130 e. The molecule has 3 unspecified atom stereocenters. The van der Waals surface area contributed by atoms with Gasteiger partial charge in [-0.1, -0.05) is 223 Å². The van der Waals surface area contributed by atoms with E-state index in [-0.39, 0.29) is 43.7 Å². The molecule has 748 valence electrons. The number of aromatic nitrogens is 1. The van der Waals surface area contributed by atoms with Crippen LogP contribution in [0.5, 0.6) is 34.5 Å². The lowest BCUT2D eigenvalue weighted by Gasteiger charge is -2.24. The number of hydrogen-bond acceptors (Lipinski definition) is 17. The average Bonchev–Trinajstić information content (AvgIpc) is 1.64. The van der Waals surface area contributed by atoms with E-state index in [2.05, 4.69) is 219 Å². The molecular weight excluding hydrogens is 1650 g/mol. The van der Waals surface area contributed by atoms with Crippen LogP contribution in [0, 0.1) is 31.6 Å². The number of aryl methyl sites for hydroxylation is 2. The highest BCUT2D eigenvalue weighted by molar-refractivity contribution is 5.57. The molecule has 2 aliphatic carbocycles. The summed E-state index contributed by atoms with van der Waals surface area (Å²) in [5, 5.41) is 34.9. The lowest BCUT2D eigenvalue weighted by Crippen LogP contribution is -2.35. The summed E-state index contributed by atoms with van der Waals surface area (Å²) in [6.45, 7) is 72.2. The van der Waals surface area contributed by atoms with Crippen molar-refractivity contribution >= 4 is 11.5 Å². The molecule has 3 atom stereocenters. The number of pyridine rings is 1. The van der Waals surface area contributed by atoms with Gasteiger partial charge in [-0.25, -0.2) is 4.98 Å². The second-order valence-corrected chi connectivity index (χ2v) is 39.7. The first kappa shape index (κ1) is 121. The summed E-state index contributed by atoms with van der Waals surface area (Å²) in [6, 6.07) is 69.8. The van der Waals surface area contributed by atoms with Gasteiger partial charge in [0.25, 0.3) is 0 Å². The fraction of sp³-hybridized carbons (Fsp3) is 0.595. The number of likely N-dealkylation sites (tertiary alicyclic amines) is 3. The summed E-state index contributed by atoms with van der Waals surface area (Å²) in [5.41, 5.74) is 7.90. The standard InChI is InChI=1S/C15H18N2O.C11H17N.C10H15N.3C10H14O2.C9H19N.C9H12O.4C8H17N/c1-11(2)18-14-7-5-13(6-8-14)17-15-9-4-12(3)10-16-15;1-9(2)12-8-11-6-4-10(3)5-7-11;1-9(2)11-8-10-6-4-3-5-7-10;1-8(2)12-10-6-4-9(11-3)5-7-10;1-8(2)12-10-5-3-4-9(6-10)7-11;1-8(2)12-10-6-4-3-5-9(10)7-11;2*1-8(2)10-9-6-4-3-5-7-9;3*1-7(2)9-5-4-8(3)6-9;1-7(2)9-8-5-3-4-6-8/h4-11H,1-3H3,(H,16,17);4-7,9,12H,8H2,1-3H3;3-7,9,11H,8H2,1-2H3;4-8H,1-3H3;2*3-6,8,11H,7H2,1-2H3;8-10H,3-7H2,1-2H3;3-8H,1-2H3;3*7-8H,4-6H2,1-3H3;7-9H,3-6H2,1-2H3. The lowest BCUT2D eigenvalue weighted by molar-refractivity contribution is 0.225. The molecule has 8 aromatic rings. The monoisotopic (exact) mass is 1840 g/mol. The maximum atomic E-state index is 8.95. The normalized spacial score (nSPS) is 16.0. The maximum Gasteiger partial charge on any atom is 0.130 e. The Morgan fingerprint density at radius 2 is 0.707 bits per heavy atom. The molecular formula is C116H191N9O8. The number of benzene rings is 7. The van der Waals surface area contributed by atoms with E-state index in [0.29, 0.717) is 24.2 Å². The Balaban J connectivity index is 0.000000494. The molecule has 1 aromatic heterocycles. The first-order valence-electron chi connectivity index (χ1n) is 50.8. The van der Waals surface area contributed by atoms with Gasteiger partial charge in [-0.15, -0.1) is 0 Å². The number of hydrogen-bond donors (Lipinski definition) is 7. The zero-order valence-electron chi connectivity index (χ0n) is 89.1. The van der Waals surface area contributed by atoms with Crippen LogP contribution < -0.4 is 55.0 Å². The Morgan fingerprint density at radius 3 is 1.07 bits per heavy atom. The van der Waals surface area contributed by atoms with Crippen molar-refractivity contribution < 1.29 is 38.6 Å². The molecule has 133 heavy (non-hydrogen) atoms. The molecule has 2 saturated carbocycles. The van der Waals surface area contributed by atoms with Gasteiger partial charge in [0.2, 0.25) is 0 Å². The van der Waals surface area contributed by atoms with Crippen LogP contribution in [0.15, 0.2) is 200 Å². The van der Waals surface area contributed by atoms with E-state index in [1.54, 1.807) is 7.11 Å². The molecule has 0 spiro atoms. The first-order chi connectivity index (χ1) is 63.2. The molecule has 5 aliphatic rings. The van der Waals surface area contributed by atoms with Crippen molar-refractivity contribution in [3.05, 3.63) is 234 Å². The molecule has 3 saturated heterocycles. The maximum absolute atomic E-state index is 8.95. The Hall–Kier alpha value is -8.07. The van der Waals surface area contributed by atoms with Crippen molar-refractivity contribution in [3.63, 3.8) is 0 Å². The average molecular weight is 1840 g/mol. The minimum Gasteiger partial charge on any atom is -0.497 e. The molecule has 7 N–H and O–H groups in total. The van der Waals surface area contributed by atoms with Crippen molar-refractivity contribution in [1.82, 2.24) is 41.0 Å². The minimum atomic E-state index is 0.0306. The Labute approximate surface area is 813 Å². The molecule has 4 heterocycles. The van der Waals surface area contributed by atoms with E-state index >= 15 is 0 Å². The number of para-hydroxylation sites is 2. The first-order valence-corrected chi connectivity index (χ1v) is 50.8. The highest BCUT2D eigenvalue weighted by Gasteiger charge is 2.23. The summed E-state index contributed by atoms with van der Waals surface area (Å²) < 4.78 is 32.4. The van der Waals surface area contributed by atoms with Crippen molar-refractivity contribution in [2.24, 2.45) is 17.8 Å². The van der Waals surface area contributed by atoms with Crippen molar-refractivity contribution in [3.8, 4) is 34.5 Å². The summed E-state index contributed by atoms with van der Waals surface area (Å²) in [5.74, 6) is 8.80. The number of nitrogens with zero attached hydrogens (tertiary/aromatic N) is 4. The second-order valence-electron chi connectivity index (χ2n) is 39.7. The largest absolute Gasteiger partial charge is 0.497 e. The van der Waals surface area contributed by atoms with Crippen LogP contribution in [0.4, 0.5) is 11.5 Å². The number of aliphatic hydroxyl groups is 2. The number of anilines is 2. The van der Waals surface area contributed by atoms with E-state index in [1.165, 1.54) is 133 Å². The van der Waals surface area contributed by atoms with E-state index in [1.807, 2.05) is 228 Å². The third-order valence-electron chi connectivity index (χ3n) is 22.0. The molecule has 7 aromatic carbocycles. The number of methoxy groups -OCH3 is 1. The van der Waals surface area contributed by atoms with E-state index in [0.717, 1.165) is 124 Å². The van der Waals surface area contributed by atoms with Crippen LogP contribution in [0.2, 0.25) is 0 Å². The second kappa shape index (κ2) is 72.3. The summed E-state index contributed by atoms with van der Waals surface area (Å²) in [7, 11) is 1.65. The predicted molar refractivity (Wildman–Crippen MR) is 570 cm³/mol. The molecule has 3 aliphatic heterocycles. The van der Waals surface area contributed by atoms with E-state index < -0.39 is 0 Å². The zero-order valence-corrected chi connectivity index (χ0v) is 89.1. The van der Waals surface area contributed by atoms with Gasteiger partial charge in [0.15, 0.2) is 0 Å². The van der Waals surface area contributed by atoms with Crippen LogP contribution in [-0.2, 0) is 26.3 Å². The van der Waals surface area contributed by atoms with Gasteiger partial charge in [0, 0.05) is 105 Å². The summed E-state index contributed by atoms with van der Waals surface area (Å²) >= 11 is 0. The van der Waals surface area contributed by atoms with Crippen LogP contribution in [0.3, 0.4) is 0 Å². The van der Waals surface area contributed by atoms with Crippen molar-refractivity contribution in [1.29, 1.82) is 0 Å². The Morgan fingerprint density at radius 1 is 0.346 bits per heavy atom. The summed E-state index contributed by atoms with van der Waals surface area (Å²) in [4.78, 5) is 11.9. The van der Waals surface area contributed by atoms with Gasteiger partial charge in [-0.05, 0) is 314 Å². The van der Waals surface area contributed by atoms with Crippen LogP contribution in [-0.4, -0.2) is 161 Å². The van der Waals surface area contributed by atoms with Crippen LogP contribution >= 0.6 is 0 Å². The third kappa shape index (κ3) is 63.1. The number of ether oxygens (including phenoxy) is 6. The van der Waals surface area contributed by atoms with Gasteiger partial charge in [0.1, 0.15) is 40.3 Å².